The third kappa shape index (κ3) is 1.95. The van der Waals surface area contributed by atoms with Crippen LogP contribution in [0.2, 0.25) is 0 Å². The van der Waals surface area contributed by atoms with Crippen molar-refractivity contribution in [3.05, 3.63) is 11.6 Å². The molecule has 0 unspecified atom stereocenters. The third-order valence-electron chi connectivity index (χ3n) is 9.51. The second kappa shape index (κ2) is 5.19. The average Bonchev–Trinajstić information content (AvgIpc) is 2.81. The number of nitrogens with zero attached hydrogens (tertiary/aromatic N) is 1. The summed E-state index contributed by atoms with van der Waals surface area (Å²) in [6, 6.07) is 0. The van der Waals surface area contributed by atoms with Crippen molar-refractivity contribution in [2.45, 2.75) is 77.7 Å². The van der Waals surface area contributed by atoms with Crippen LogP contribution in [0.4, 0.5) is 0 Å². The number of carbonyl (C=O) groups excluding carboxylic acids is 1. The molecule has 0 amide bonds. The van der Waals surface area contributed by atoms with E-state index in [2.05, 4.69) is 39.8 Å². The van der Waals surface area contributed by atoms with Crippen molar-refractivity contribution in [1.82, 2.24) is 4.90 Å². The molecule has 4 aliphatic rings. The molecule has 2 heteroatoms. The molecule has 3 fully saturated rings. The standard InChI is InChI=1S/C22H35NO/c1-20-11-8-16(24)14-15(20)6-7-17-18(20)9-12-21(2)19(17)10-13-22(21,3)23(4)5/h14,17-19H,6-13H2,1-5H3/t17-,18+,19+,20-,21-,22-/m0/s1. The molecule has 6 atom stereocenters. The Bertz CT molecular complexity index is 593. The molecule has 0 spiro atoms. The van der Waals surface area contributed by atoms with E-state index in [0.29, 0.717) is 22.2 Å². The number of hydrogen-bond acceptors (Lipinski definition) is 2. The van der Waals surface area contributed by atoms with E-state index in [-0.39, 0.29) is 0 Å². The molecule has 0 aromatic rings. The van der Waals surface area contributed by atoms with Gasteiger partial charge in [-0.2, -0.15) is 0 Å². The number of allylic oxidation sites excluding steroid dienone is 1. The van der Waals surface area contributed by atoms with Crippen molar-refractivity contribution in [2.75, 3.05) is 14.1 Å². The van der Waals surface area contributed by atoms with Crippen LogP contribution in [0.3, 0.4) is 0 Å². The van der Waals surface area contributed by atoms with E-state index in [1.54, 1.807) is 0 Å². The van der Waals surface area contributed by atoms with Crippen molar-refractivity contribution in [2.24, 2.45) is 28.6 Å². The van der Waals surface area contributed by atoms with Crippen LogP contribution in [-0.4, -0.2) is 30.3 Å². The van der Waals surface area contributed by atoms with Gasteiger partial charge in [-0.15, -0.1) is 0 Å². The molecule has 24 heavy (non-hydrogen) atoms. The Morgan fingerprint density at radius 3 is 2.38 bits per heavy atom. The van der Waals surface area contributed by atoms with Crippen LogP contribution in [0.25, 0.3) is 0 Å². The van der Waals surface area contributed by atoms with Gasteiger partial charge in [-0.25, -0.2) is 0 Å². The van der Waals surface area contributed by atoms with Gasteiger partial charge in [0.15, 0.2) is 5.78 Å². The maximum absolute atomic E-state index is 11.9. The summed E-state index contributed by atoms with van der Waals surface area (Å²) in [7, 11) is 4.57. The monoisotopic (exact) mass is 329 g/mol. The molecule has 4 rings (SSSR count). The quantitative estimate of drug-likeness (QED) is 0.686. The van der Waals surface area contributed by atoms with E-state index in [0.717, 1.165) is 30.6 Å². The second-order valence-corrected chi connectivity index (χ2v) is 10.1. The molecule has 0 aromatic carbocycles. The van der Waals surface area contributed by atoms with Crippen LogP contribution in [-0.2, 0) is 4.79 Å². The minimum Gasteiger partial charge on any atom is -0.303 e. The summed E-state index contributed by atoms with van der Waals surface area (Å²) < 4.78 is 0. The van der Waals surface area contributed by atoms with Crippen molar-refractivity contribution in [1.29, 1.82) is 0 Å². The SMILES string of the molecule is CN(C)[C@@]1(C)CC[C@@H]2[C@H]3CCC4=CC(=O)CC[C@]4(C)[C@@H]3CC[C@@]21C. The summed E-state index contributed by atoms with van der Waals surface area (Å²) in [6.07, 6.45) is 11.9. The highest BCUT2D eigenvalue weighted by Crippen LogP contribution is 2.68. The van der Waals surface area contributed by atoms with E-state index in [1.165, 1.54) is 44.1 Å². The first-order chi connectivity index (χ1) is 11.2. The molecule has 0 radical (unpaired) electrons. The van der Waals surface area contributed by atoms with Gasteiger partial charge < -0.3 is 4.90 Å². The Morgan fingerprint density at radius 2 is 1.67 bits per heavy atom. The highest BCUT2D eigenvalue weighted by Gasteiger charge is 2.63. The lowest BCUT2D eigenvalue weighted by molar-refractivity contribution is -0.118. The van der Waals surface area contributed by atoms with Gasteiger partial charge >= 0.3 is 0 Å². The van der Waals surface area contributed by atoms with Crippen molar-refractivity contribution in [3.8, 4) is 0 Å². The molecule has 3 saturated carbocycles. The number of fused-ring (bicyclic) bond motifs is 5. The van der Waals surface area contributed by atoms with Gasteiger partial charge in [0.05, 0.1) is 0 Å². The Labute approximate surface area is 148 Å². The van der Waals surface area contributed by atoms with Crippen LogP contribution in [0.5, 0.6) is 0 Å². The van der Waals surface area contributed by atoms with Gasteiger partial charge in [-0.1, -0.05) is 19.4 Å². The van der Waals surface area contributed by atoms with E-state index in [9.17, 15) is 4.79 Å². The Morgan fingerprint density at radius 1 is 0.958 bits per heavy atom. The van der Waals surface area contributed by atoms with Crippen LogP contribution < -0.4 is 0 Å². The topological polar surface area (TPSA) is 20.3 Å². The van der Waals surface area contributed by atoms with Gasteiger partial charge in [0.1, 0.15) is 0 Å². The maximum atomic E-state index is 11.9. The zero-order valence-electron chi connectivity index (χ0n) is 16.3. The van der Waals surface area contributed by atoms with Gasteiger partial charge in [-0.05, 0) is 101 Å². The van der Waals surface area contributed by atoms with Crippen LogP contribution in [0.15, 0.2) is 11.6 Å². The molecule has 134 valence electrons. The Hall–Kier alpha value is -0.630. The van der Waals surface area contributed by atoms with Crippen LogP contribution in [0, 0.1) is 28.6 Å². The fourth-order valence-corrected chi connectivity index (χ4v) is 7.54. The molecule has 0 aromatic heterocycles. The van der Waals surface area contributed by atoms with E-state index < -0.39 is 0 Å². The first kappa shape index (κ1) is 16.8. The zero-order valence-corrected chi connectivity index (χ0v) is 16.3. The van der Waals surface area contributed by atoms with Gasteiger partial charge in [0, 0.05) is 12.0 Å². The first-order valence-electron chi connectivity index (χ1n) is 10.1. The molecule has 0 heterocycles. The predicted molar refractivity (Wildman–Crippen MR) is 98.8 cm³/mol. The predicted octanol–water partition coefficient (Wildman–Crippen LogP) is 4.84. The second-order valence-electron chi connectivity index (χ2n) is 10.1. The Balaban J connectivity index is 1.69. The summed E-state index contributed by atoms with van der Waals surface area (Å²) in [5.41, 5.74) is 2.62. The number of rotatable bonds is 1. The number of ketones is 1. The summed E-state index contributed by atoms with van der Waals surface area (Å²) >= 11 is 0. The lowest BCUT2D eigenvalue weighted by Crippen LogP contribution is -2.58. The molecule has 2 nitrogen and oxygen atoms in total. The molecular weight excluding hydrogens is 294 g/mol. The molecule has 0 N–H and O–H groups in total. The van der Waals surface area contributed by atoms with E-state index in [4.69, 9.17) is 0 Å². The van der Waals surface area contributed by atoms with Crippen molar-refractivity contribution in [3.63, 3.8) is 0 Å². The molecule has 4 aliphatic carbocycles. The minimum absolute atomic E-state index is 0.315. The first-order valence-corrected chi connectivity index (χ1v) is 10.1. The fraction of sp³-hybridized carbons (Fsp3) is 0.864. The summed E-state index contributed by atoms with van der Waals surface area (Å²) in [4.78, 5) is 14.4. The van der Waals surface area contributed by atoms with Crippen molar-refractivity contribution >= 4 is 5.78 Å². The zero-order chi connectivity index (χ0) is 17.3. The number of carbonyl (C=O) groups is 1. The molecule has 0 saturated heterocycles. The molecular formula is C22H35NO. The largest absolute Gasteiger partial charge is 0.303 e. The highest BCUT2D eigenvalue weighted by atomic mass is 16.1. The molecule has 0 aliphatic heterocycles. The lowest BCUT2D eigenvalue weighted by Gasteiger charge is -2.60. The smallest absolute Gasteiger partial charge is 0.155 e. The van der Waals surface area contributed by atoms with Crippen molar-refractivity contribution < 1.29 is 4.79 Å². The maximum Gasteiger partial charge on any atom is 0.155 e. The summed E-state index contributed by atoms with van der Waals surface area (Å²) in [5.74, 6) is 2.94. The minimum atomic E-state index is 0.315. The summed E-state index contributed by atoms with van der Waals surface area (Å²) in [5, 5.41) is 0. The average molecular weight is 330 g/mol. The van der Waals surface area contributed by atoms with Gasteiger partial charge in [0.2, 0.25) is 0 Å². The number of hydrogen-bond donors (Lipinski definition) is 0. The van der Waals surface area contributed by atoms with E-state index in [1.807, 2.05) is 6.08 Å². The van der Waals surface area contributed by atoms with E-state index >= 15 is 0 Å². The highest BCUT2D eigenvalue weighted by molar-refractivity contribution is 5.91. The van der Waals surface area contributed by atoms with Gasteiger partial charge in [-0.3, -0.25) is 4.79 Å². The van der Waals surface area contributed by atoms with Crippen LogP contribution >= 0.6 is 0 Å². The third-order valence-corrected chi connectivity index (χ3v) is 9.51. The van der Waals surface area contributed by atoms with Crippen LogP contribution in [0.1, 0.15) is 72.1 Å². The van der Waals surface area contributed by atoms with Gasteiger partial charge in [0.25, 0.3) is 0 Å². The fourth-order valence-electron chi connectivity index (χ4n) is 7.54. The Kier molecular flexibility index (Phi) is 3.64. The molecule has 0 bridgehead atoms. The lowest BCUT2D eigenvalue weighted by atomic mass is 9.46. The summed E-state index contributed by atoms with van der Waals surface area (Å²) in [6.45, 7) is 7.60. The normalized spacial score (nSPS) is 51.0.